The lowest BCUT2D eigenvalue weighted by molar-refractivity contribution is -0.137. The third kappa shape index (κ3) is 7.23. The summed E-state index contributed by atoms with van der Waals surface area (Å²) in [5.74, 6) is -1.49. The van der Waals surface area contributed by atoms with Crippen LogP contribution in [0.5, 0.6) is 0 Å². The van der Waals surface area contributed by atoms with Crippen LogP contribution < -0.4 is 20.1 Å². The first-order valence-corrected chi connectivity index (χ1v) is 13.0. The minimum absolute atomic E-state index is 0.172. The topological polar surface area (TPSA) is 88.5 Å². The molecule has 1 aliphatic heterocycles. The van der Waals surface area contributed by atoms with Gasteiger partial charge in [0.25, 0.3) is 11.8 Å². The lowest BCUT2D eigenvalue weighted by atomic mass is 10.00. The molecule has 0 saturated carbocycles. The van der Waals surface area contributed by atoms with Gasteiger partial charge < -0.3 is 20.2 Å². The first-order chi connectivity index (χ1) is 19.4. The van der Waals surface area contributed by atoms with Crippen LogP contribution in [0.15, 0.2) is 84.0 Å². The van der Waals surface area contributed by atoms with Crippen LogP contribution in [0.2, 0.25) is 0 Å². The Kier molecular flexibility index (Phi) is 8.97. The van der Waals surface area contributed by atoms with E-state index in [1.807, 2.05) is 85.5 Å². The molecule has 0 saturated heterocycles. The molecule has 0 bridgehead atoms. The Bertz CT molecular complexity index is 1410. The van der Waals surface area contributed by atoms with Crippen molar-refractivity contribution in [2.24, 2.45) is 5.10 Å². The van der Waals surface area contributed by atoms with E-state index in [2.05, 4.69) is 10.4 Å². The number of benzene rings is 3. The van der Waals surface area contributed by atoms with Gasteiger partial charge in [-0.1, -0.05) is 48.5 Å². The molecule has 0 spiro atoms. The van der Waals surface area contributed by atoms with Crippen LogP contribution in [-0.2, 0) is 22.2 Å². The van der Waals surface area contributed by atoms with E-state index in [1.54, 1.807) is 0 Å². The van der Waals surface area contributed by atoms with E-state index in [1.165, 1.54) is 12.1 Å². The number of carbonyl (C=O) groups is 2. The van der Waals surface area contributed by atoms with Crippen LogP contribution in [0.25, 0.3) is 0 Å². The van der Waals surface area contributed by atoms with Gasteiger partial charge in [-0.15, -0.1) is 0 Å². The van der Waals surface area contributed by atoms with E-state index in [-0.39, 0.29) is 18.7 Å². The summed E-state index contributed by atoms with van der Waals surface area (Å²) < 4.78 is 40.6. The second-order valence-corrected chi connectivity index (χ2v) is 10.1. The standard InChI is InChI=1S/C30H32F3N5O3/c1-36(2)21-12-9-13-22(17-21)37(3)19-27(39)24(16-20-10-5-4-6-11-20)34-29(41)25-18-28(40)38(35-25)26-15-8-7-14-23(26)30(31,32)33/h4-15,17,24,27,39H,16,18-19H2,1-3H3,(H,34,41)/t24-,27+/m0/s1. The molecule has 0 unspecified atom stereocenters. The van der Waals surface area contributed by atoms with Gasteiger partial charge in [-0.2, -0.15) is 23.3 Å². The van der Waals surface area contributed by atoms with Crippen molar-refractivity contribution < 1.29 is 27.9 Å². The average Bonchev–Trinajstić information content (AvgIpc) is 3.34. The summed E-state index contributed by atoms with van der Waals surface area (Å²) in [6, 6.07) is 20.8. The highest BCUT2D eigenvalue weighted by molar-refractivity contribution is 6.44. The molecule has 41 heavy (non-hydrogen) atoms. The number of para-hydroxylation sites is 1. The van der Waals surface area contributed by atoms with Gasteiger partial charge in [-0.3, -0.25) is 9.59 Å². The number of alkyl halides is 3. The Morgan fingerprint density at radius 1 is 1.00 bits per heavy atom. The zero-order valence-electron chi connectivity index (χ0n) is 23.0. The average molecular weight is 568 g/mol. The number of aliphatic hydroxyl groups is 1. The van der Waals surface area contributed by atoms with E-state index >= 15 is 0 Å². The van der Waals surface area contributed by atoms with Crippen molar-refractivity contribution in [2.75, 3.05) is 42.5 Å². The summed E-state index contributed by atoms with van der Waals surface area (Å²) in [4.78, 5) is 29.8. The summed E-state index contributed by atoms with van der Waals surface area (Å²) >= 11 is 0. The van der Waals surface area contributed by atoms with Crippen LogP contribution in [0.4, 0.5) is 30.2 Å². The molecular formula is C30H32F3N5O3. The Labute approximate surface area is 236 Å². The maximum atomic E-state index is 13.5. The van der Waals surface area contributed by atoms with Crippen molar-refractivity contribution in [1.82, 2.24) is 5.32 Å². The van der Waals surface area contributed by atoms with E-state index in [4.69, 9.17) is 0 Å². The third-order valence-corrected chi connectivity index (χ3v) is 6.80. The zero-order chi connectivity index (χ0) is 29.7. The predicted molar refractivity (Wildman–Crippen MR) is 153 cm³/mol. The molecular weight excluding hydrogens is 535 g/mol. The van der Waals surface area contributed by atoms with Crippen LogP contribution in [0.1, 0.15) is 17.5 Å². The molecule has 3 aromatic carbocycles. The summed E-state index contributed by atoms with van der Waals surface area (Å²) in [6.45, 7) is 0.172. The highest BCUT2D eigenvalue weighted by atomic mass is 19.4. The molecule has 2 atom stereocenters. The van der Waals surface area contributed by atoms with Gasteiger partial charge in [0.2, 0.25) is 0 Å². The summed E-state index contributed by atoms with van der Waals surface area (Å²) in [5.41, 5.74) is 1.000. The minimum atomic E-state index is -4.71. The number of nitrogens with one attached hydrogen (secondary N) is 1. The predicted octanol–water partition coefficient (Wildman–Crippen LogP) is 4.09. The molecule has 216 valence electrons. The molecule has 11 heteroatoms. The van der Waals surface area contributed by atoms with Crippen LogP contribution in [0.3, 0.4) is 0 Å². The second-order valence-electron chi connectivity index (χ2n) is 10.1. The van der Waals surface area contributed by atoms with Gasteiger partial charge in [-0.05, 0) is 42.3 Å². The zero-order valence-corrected chi connectivity index (χ0v) is 23.0. The number of hydrazone groups is 1. The molecule has 0 aromatic heterocycles. The molecule has 2 N–H and O–H groups in total. The van der Waals surface area contributed by atoms with Crippen molar-refractivity contribution in [3.8, 4) is 0 Å². The van der Waals surface area contributed by atoms with Gasteiger partial charge in [0.1, 0.15) is 5.71 Å². The number of amides is 2. The number of likely N-dealkylation sites (N-methyl/N-ethyl adjacent to an activating group) is 1. The highest BCUT2D eigenvalue weighted by Gasteiger charge is 2.39. The van der Waals surface area contributed by atoms with Gasteiger partial charge in [0.15, 0.2) is 0 Å². The molecule has 0 aliphatic carbocycles. The number of aliphatic hydroxyl groups excluding tert-OH is 1. The fraction of sp³-hybridized carbons (Fsp3) is 0.300. The molecule has 4 rings (SSSR count). The molecule has 0 fully saturated rings. The van der Waals surface area contributed by atoms with Crippen molar-refractivity contribution in [1.29, 1.82) is 0 Å². The Morgan fingerprint density at radius 2 is 1.66 bits per heavy atom. The minimum Gasteiger partial charge on any atom is -0.389 e. The van der Waals surface area contributed by atoms with Gasteiger partial charge in [0.05, 0.1) is 29.8 Å². The van der Waals surface area contributed by atoms with E-state index in [0.717, 1.165) is 29.1 Å². The Morgan fingerprint density at radius 3 is 2.34 bits per heavy atom. The van der Waals surface area contributed by atoms with E-state index in [0.29, 0.717) is 5.01 Å². The quantitative estimate of drug-likeness (QED) is 0.386. The largest absolute Gasteiger partial charge is 0.418 e. The molecule has 1 heterocycles. The number of nitrogens with zero attached hydrogens (tertiary/aromatic N) is 4. The van der Waals surface area contributed by atoms with E-state index < -0.39 is 47.8 Å². The summed E-state index contributed by atoms with van der Waals surface area (Å²) in [5, 5.41) is 18.6. The van der Waals surface area contributed by atoms with Crippen LogP contribution in [0, 0.1) is 0 Å². The van der Waals surface area contributed by atoms with Crippen molar-refractivity contribution in [2.45, 2.75) is 31.2 Å². The SMILES string of the molecule is CN(C)c1cccc(N(C)C[C@@H](O)[C@H](Cc2ccccc2)NC(=O)C2=NN(c3ccccc3C(F)(F)F)C(=O)C2)c1. The molecule has 0 radical (unpaired) electrons. The number of anilines is 3. The van der Waals surface area contributed by atoms with Gasteiger partial charge in [-0.25, -0.2) is 0 Å². The first-order valence-electron chi connectivity index (χ1n) is 13.0. The van der Waals surface area contributed by atoms with Crippen molar-refractivity contribution >= 4 is 34.6 Å². The van der Waals surface area contributed by atoms with E-state index in [9.17, 15) is 27.9 Å². The number of hydrogen-bond acceptors (Lipinski definition) is 6. The Balaban J connectivity index is 1.54. The maximum absolute atomic E-state index is 13.5. The molecule has 2 amide bonds. The molecule has 8 nitrogen and oxygen atoms in total. The van der Waals surface area contributed by atoms with Gasteiger partial charge >= 0.3 is 6.18 Å². The highest BCUT2D eigenvalue weighted by Crippen LogP contribution is 2.37. The Hall–Kier alpha value is -4.38. The monoisotopic (exact) mass is 567 g/mol. The number of halogens is 3. The lowest BCUT2D eigenvalue weighted by Gasteiger charge is -2.29. The van der Waals surface area contributed by atoms with Crippen molar-refractivity contribution in [3.63, 3.8) is 0 Å². The molecule has 1 aliphatic rings. The maximum Gasteiger partial charge on any atom is 0.418 e. The van der Waals surface area contributed by atoms with Crippen LogP contribution >= 0.6 is 0 Å². The number of carbonyl (C=O) groups excluding carboxylic acids is 2. The van der Waals surface area contributed by atoms with Crippen molar-refractivity contribution in [3.05, 3.63) is 90.0 Å². The lowest BCUT2D eigenvalue weighted by Crippen LogP contribution is -2.50. The molecule has 3 aromatic rings. The van der Waals surface area contributed by atoms with Crippen LogP contribution in [-0.4, -0.2) is 62.5 Å². The second kappa shape index (κ2) is 12.4. The smallest absolute Gasteiger partial charge is 0.389 e. The number of rotatable bonds is 10. The third-order valence-electron chi connectivity index (χ3n) is 6.80. The summed E-state index contributed by atoms with van der Waals surface area (Å²) in [7, 11) is 5.69. The number of hydrogen-bond donors (Lipinski definition) is 2. The first kappa shape index (κ1) is 29.6. The fourth-order valence-electron chi connectivity index (χ4n) is 4.57. The fourth-order valence-corrected chi connectivity index (χ4v) is 4.57. The van der Waals surface area contributed by atoms with Gasteiger partial charge in [0, 0.05) is 39.1 Å². The summed E-state index contributed by atoms with van der Waals surface area (Å²) in [6.07, 6.45) is -5.93. The normalized spacial score (nSPS) is 14.9.